The maximum absolute atomic E-state index is 12.8. The van der Waals surface area contributed by atoms with Crippen molar-refractivity contribution in [2.45, 2.75) is 32.4 Å². The second-order valence-electron chi connectivity index (χ2n) is 7.94. The van der Waals surface area contributed by atoms with Gasteiger partial charge in [0.05, 0.1) is 5.69 Å². The van der Waals surface area contributed by atoms with Crippen molar-refractivity contribution < 1.29 is 23.8 Å². The molecule has 0 spiro atoms. The number of fused-ring (bicyclic) bond motifs is 1. The van der Waals surface area contributed by atoms with Crippen molar-refractivity contribution in [1.29, 1.82) is 0 Å². The smallest absolute Gasteiger partial charge is 0.408 e. The van der Waals surface area contributed by atoms with Gasteiger partial charge in [-0.3, -0.25) is 9.78 Å². The van der Waals surface area contributed by atoms with E-state index < -0.39 is 23.6 Å². The minimum Gasteiger partial charge on any atom is -0.487 e. The normalized spacial score (nSPS) is 15.5. The molecule has 0 bridgehead atoms. The number of carbonyl (C=O) groups is 2. The Kier molecular flexibility index (Phi) is 6.65. The summed E-state index contributed by atoms with van der Waals surface area (Å²) in [5, 5.41) is 2.67. The van der Waals surface area contributed by atoms with Crippen LogP contribution < -0.4 is 19.7 Å². The fourth-order valence-electron chi connectivity index (χ4n) is 2.79. The minimum atomic E-state index is -1.06. The van der Waals surface area contributed by atoms with Crippen LogP contribution in [0.1, 0.15) is 26.3 Å². The van der Waals surface area contributed by atoms with Gasteiger partial charge < -0.3 is 24.4 Å². The van der Waals surface area contributed by atoms with Crippen molar-refractivity contribution in [2.75, 3.05) is 25.2 Å². The third-order valence-electron chi connectivity index (χ3n) is 4.22. The van der Waals surface area contributed by atoms with Crippen LogP contribution in [0.4, 0.5) is 10.5 Å². The molecule has 2 amide bonds. The lowest BCUT2D eigenvalue weighted by atomic mass is 10.1. The number of nitrogens with zero attached hydrogens (tertiary/aromatic N) is 2. The number of anilines is 1. The van der Waals surface area contributed by atoms with Crippen LogP contribution in [0.25, 0.3) is 0 Å². The van der Waals surface area contributed by atoms with Crippen LogP contribution >= 0.6 is 0 Å². The van der Waals surface area contributed by atoms with E-state index in [-0.39, 0.29) is 13.2 Å². The third kappa shape index (κ3) is 6.12. The summed E-state index contributed by atoms with van der Waals surface area (Å²) in [6.45, 7) is 5.56. The van der Waals surface area contributed by atoms with Gasteiger partial charge in [0.2, 0.25) is 6.10 Å². The zero-order valence-corrected chi connectivity index (χ0v) is 18.0. The van der Waals surface area contributed by atoms with E-state index in [9.17, 15) is 9.59 Å². The molecule has 1 atom stereocenters. The van der Waals surface area contributed by atoms with Gasteiger partial charge in [0.1, 0.15) is 24.7 Å². The molecule has 162 valence electrons. The summed E-state index contributed by atoms with van der Waals surface area (Å²) in [5.74, 6) is 6.52. The molecule has 31 heavy (non-hydrogen) atoms. The molecular formula is C23H25N3O5. The molecule has 0 saturated carbocycles. The summed E-state index contributed by atoms with van der Waals surface area (Å²) in [5.41, 5.74) is 0.838. The average molecular weight is 423 g/mol. The minimum absolute atomic E-state index is 0.0788. The van der Waals surface area contributed by atoms with Crippen molar-refractivity contribution in [3.05, 3.63) is 48.3 Å². The Morgan fingerprint density at radius 1 is 1.35 bits per heavy atom. The van der Waals surface area contributed by atoms with Crippen LogP contribution in [-0.4, -0.2) is 48.9 Å². The summed E-state index contributed by atoms with van der Waals surface area (Å²) in [6.07, 6.45) is 1.62. The van der Waals surface area contributed by atoms with Gasteiger partial charge in [0.25, 0.3) is 5.91 Å². The van der Waals surface area contributed by atoms with Gasteiger partial charge in [-0.2, -0.15) is 0 Å². The van der Waals surface area contributed by atoms with E-state index in [0.717, 1.165) is 5.56 Å². The van der Waals surface area contributed by atoms with E-state index in [0.29, 0.717) is 17.2 Å². The van der Waals surface area contributed by atoms with Crippen LogP contribution in [0, 0.1) is 11.8 Å². The third-order valence-corrected chi connectivity index (χ3v) is 4.22. The lowest BCUT2D eigenvalue weighted by Gasteiger charge is -2.23. The number of pyridine rings is 1. The van der Waals surface area contributed by atoms with Gasteiger partial charge in [0, 0.05) is 36.6 Å². The summed E-state index contributed by atoms with van der Waals surface area (Å²) < 4.78 is 16.7. The van der Waals surface area contributed by atoms with Crippen molar-refractivity contribution in [1.82, 2.24) is 10.3 Å². The highest BCUT2D eigenvalue weighted by Crippen LogP contribution is 2.34. The summed E-state index contributed by atoms with van der Waals surface area (Å²) >= 11 is 0. The summed E-state index contributed by atoms with van der Waals surface area (Å²) in [4.78, 5) is 30.3. The molecule has 2 heterocycles. The monoisotopic (exact) mass is 423 g/mol. The molecule has 1 aliphatic rings. The van der Waals surface area contributed by atoms with Gasteiger partial charge >= 0.3 is 6.09 Å². The standard InChI is InChI=1S/C23H25N3O5/c1-23(2,3)25-22(28)31-20-15-30-19-10-9-17(13-18(19)26(4)21(20)27)29-12-6-8-16-7-5-11-24-14-16/h5,7,9-11,13-14,20H,12,15H2,1-4H3,(H,25,28)/t20-/m0/s1. The first-order valence-corrected chi connectivity index (χ1v) is 9.78. The molecule has 1 aromatic carbocycles. The first kappa shape index (κ1) is 22.0. The van der Waals surface area contributed by atoms with Crippen LogP contribution in [0.2, 0.25) is 0 Å². The molecule has 8 heteroatoms. The van der Waals surface area contributed by atoms with E-state index >= 15 is 0 Å². The Morgan fingerprint density at radius 3 is 2.87 bits per heavy atom. The number of ether oxygens (including phenoxy) is 3. The van der Waals surface area contributed by atoms with Gasteiger partial charge in [-0.05, 0) is 45.0 Å². The Balaban J connectivity index is 1.65. The van der Waals surface area contributed by atoms with E-state index in [1.54, 1.807) is 37.6 Å². The SMILES string of the molecule is CN1C(=O)[C@@H](OC(=O)NC(C)(C)C)COc2ccc(OCC#Cc3cccnc3)cc21. The second-order valence-corrected chi connectivity index (χ2v) is 7.94. The number of aromatic nitrogens is 1. The molecule has 0 fully saturated rings. The molecule has 8 nitrogen and oxygen atoms in total. The van der Waals surface area contributed by atoms with Crippen molar-refractivity contribution in [3.8, 4) is 23.3 Å². The Bertz CT molecular complexity index is 1010. The van der Waals surface area contributed by atoms with Gasteiger partial charge in [-0.1, -0.05) is 11.8 Å². The van der Waals surface area contributed by atoms with Crippen LogP contribution in [0.15, 0.2) is 42.7 Å². The van der Waals surface area contributed by atoms with Crippen LogP contribution in [0.3, 0.4) is 0 Å². The Morgan fingerprint density at radius 2 is 2.16 bits per heavy atom. The van der Waals surface area contributed by atoms with Gasteiger partial charge in [-0.25, -0.2) is 4.79 Å². The molecule has 0 aliphatic carbocycles. The number of alkyl carbamates (subject to hydrolysis) is 1. The summed E-state index contributed by atoms with van der Waals surface area (Å²) in [7, 11) is 1.60. The molecule has 0 radical (unpaired) electrons. The fourth-order valence-corrected chi connectivity index (χ4v) is 2.79. The molecular weight excluding hydrogens is 398 g/mol. The maximum Gasteiger partial charge on any atom is 0.408 e. The molecule has 0 unspecified atom stereocenters. The zero-order valence-electron chi connectivity index (χ0n) is 18.0. The maximum atomic E-state index is 12.8. The lowest BCUT2D eigenvalue weighted by molar-refractivity contribution is -0.127. The van der Waals surface area contributed by atoms with Crippen molar-refractivity contribution in [3.63, 3.8) is 0 Å². The number of likely N-dealkylation sites (N-methyl/N-ethyl adjacent to an activating group) is 1. The highest BCUT2D eigenvalue weighted by molar-refractivity contribution is 5.99. The number of carbonyl (C=O) groups excluding carboxylic acids is 2. The average Bonchev–Trinajstić information content (AvgIpc) is 2.83. The highest BCUT2D eigenvalue weighted by Gasteiger charge is 2.33. The zero-order chi connectivity index (χ0) is 22.4. The topological polar surface area (TPSA) is 90.0 Å². The van der Waals surface area contributed by atoms with Crippen LogP contribution in [0.5, 0.6) is 11.5 Å². The predicted octanol–water partition coefficient (Wildman–Crippen LogP) is 2.76. The summed E-state index contributed by atoms with van der Waals surface area (Å²) in [6, 6.07) is 8.81. The molecule has 3 rings (SSSR count). The molecule has 1 aliphatic heterocycles. The van der Waals surface area contributed by atoms with E-state index in [1.165, 1.54) is 4.90 Å². The van der Waals surface area contributed by atoms with Gasteiger partial charge in [0.15, 0.2) is 0 Å². The van der Waals surface area contributed by atoms with E-state index in [2.05, 4.69) is 22.1 Å². The first-order valence-electron chi connectivity index (χ1n) is 9.78. The molecule has 1 aromatic heterocycles. The highest BCUT2D eigenvalue weighted by atomic mass is 16.6. The Labute approximate surface area is 181 Å². The number of hydrogen-bond donors (Lipinski definition) is 1. The van der Waals surface area contributed by atoms with Crippen molar-refractivity contribution >= 4 is 17.7 Å². The fraction of sp³-hybridized carbons (Fsp3) is 0.348. The van der Waals surface area contributed by atoms with E-state index in [1.807, 2.05) is 32.9 Å². The number of benzene rings is 1. The van der Waals surface area contributed by atoms with Gasteiger partial charge in [-0.15, -0.1) is 0 Å². The quantitative estimate of drug-likeness (QED) is 0.764. The molecule has 2 aromatic rings. The number of nitrogens with one attached hydrogen (secondary N) is 1. The molecule has 0 saturated heterocycles. The largest absolute Gasteiger partial charge is 0.487 e. The van der Waals surface area contributed by atoms with E-state index in [4.69, 9.17) is 14.2 Å². The number of amides is 2. The number of hydrogen-bond acceptors (Lipinski definition) is 6. The predicted molar refractivity (Wildman–Crippen MR) is 115 cm³/mol. The van der Waals surface area contributed by atoms with Crippen LogP contribution in [-0.2, 0) is 9.53 Å². The second kappa shape index (κ2) is 9.39. The molecule has 1 N–H and O–H groups in total. The first-order chi connectivity index (χ1) is 14.7. The van der Waals surface area contributed by atoms with Crippen molar-refractivity contribution in [2.24, 2.45) is 0 Å². The number of rotatable bonds is 3. The lowest BCUT2D eigenvalue weighted by Crippen LogP contribution is -2.46. The Hall–Kier alpha value is -3.73.